The van der Waals surface area contributed by atoms with Crippen LogP contribution in [0.3, 0.4) is 0 Å². The van der Waals surface area contributed by atoms with Crippen LogP contribution < -0.4 is 4.90 Å². The molecule has 3 rings (SSSR count). The molecular weight excluding hydrogens is 314 g/mol. The molecule has 0 atom stereocenters. The number of anilines is 1. The van der Waals surface area contributed by atoms with Crippen molar-refractivity contribution in [1.82, 2.24) is 14.5 Å². The number of rotatable bonds is 3. The van der Waals surface area contributed by atoms with E-state index in [1.165, 1.54) is 0 Å². The van der Waals surface area contributed by atoms with Crippen molar-refractivity contribution in [2.45, 2.75) is 27.3 Å². The maximum Gasteiger partial charge on any atom is 0.255 e. The van der Waals surface area contributed by atoms with Crippen LogP contribution in [0, 0.1) is 25.2 Å². The van der Waals surface area contributed by atoms with Crippen LogP contribution in [0.4, 0.5) is 5.82 Å². The summed E-state index contributed by atoms with van der Waals surface area (Å²) in [4.78, 5) is 21.3. The smallest absolute Gasteiger partial charge is 0.255 e. The van der Waals surface area contributed by atoms with Gasteiger partial charge >= 0.3 is 0 Å². The Morgan fingerprint density at radius 3 is 2.48 bits per heavy atom. The SMILES string of the molecule is CCn1c(C)cc(C(=O)N2CCN(c3ccc(C#N)cn3)CC2)c1C. The Balaban J connectivity index is 1.67. The maximum absolute atomic E-state index is 12.9. The van der Waals surface area contributed by atoms with Crippen molar-refractivity contribution in [1.29, 1.82) is 5.26 Å². The predicted octanol–water partition coefficient (Wildman–Crippen LogP) is 2.35. The second-order valence-corrected chi connectivity index (χ2v) is 6.33. The zero-order valence-electron chi connectivity index (χ0n) is 15.0. The van der Waals surface area contributed by atoms with E-state index in [0.29, 0.717) is 18.7 Å². The molecule has 1 aliphatic rings. The number of amides is 1. The van der Waals surface area contributed by atoms with Crippen molar-refractivity contribution in [3.8, 4) is 6.07 Å². The van der Waals surface area contributed by atoms with Gasteiger partial charge in [0.2, 0.25) is 0 Å². The molecule has 6 nitrogen and oxygen atoms in total. The predicted molar refractivity (Wildman–Crippen MR) is 96.6 cm³/mol. The van der Waals surface area contributed by atoms with Crippen LogP contribution in [0.5, 0.6) is 0 Å². The first-order valence-electron chi connectivity index (χ1n) is 8.62. The quantitative estimate of drug-likeness (QED) is 0.862. The first-order chi connectivity index (χ1) is 12.0. The molecule has 6 heteroatoms. The summed E-state index contributed by atoms with van der Waals surface area (Å²) in [5.74, 6) is 0.968. The Bertz CT molecular complexity index is 808. The summed E-state index contributed by atoms with van der Waals surface area (Å²) in [5, 5.41) is 8.85. The first-order valence-corrected chi connectivity index (χ1v) is 8.62. The average Bonchev–Trinajstić information content (AvgIpc) is 2.95. The van der Waals surface area contributed by atoms with E-state index in [0.717, 1.165) is 42.4 Å². The number of pyridine rings is 1. The van der Waals surface area contributed by atoms with Crippen LogP contribution in [0.25, 0.3) is 0 Å². The van der Waals surface area contributed by atoms with Crippen molar-refractivity contribution in [3.63, 3.8) is 0 Å². The minimum atomic E-state index is 0.111. The fourth-order valence-electron chi connectivity index (χ4n) is 3.45. The fourth-order valence-corrected chi connectivity index (χ4v) is 3.45. The summed E-state index contributed by atoms with van der Waals surface area (Å²) in [6, 6.07) is 7.72. The minimum absolute atomic E-state index is 0.111. The summed E-state index contributed by atoms with van der Waals surface area (Å²) < 4.78 is 2.17. The van der Waals surface area contributed by atoms with Crippen molar-refractivity contribution in [2.24, 2.45) is 0 Å². The van der Waals surface area contributed by atoms with Gasteiger partial charge < -0.3 is 14.4 Å². The zero-order valence-corrected chi connectivity index (χ0v) is 15.0. The van der Waals surface area contributed by atoms with E-state index in [-0.39, 0.29) is 5.91 Å². The van der Waals surface area contributed by atoms with E-state index in [1.807, 2.05) is 30.9 Å². The van der Waals surface area contributed by atoms with Crippen LogP contribution in [-0.4, -0.2) is 46.5 Å². The van der Waals surface area contributed by atoms with Crippen LogP contribution in [-0.2, 0) is 6.54 Å². The molecule has 0 saturated carbocycles. The number of piperazine rings is 1. The molecule has 130 valence electrons. The van der Waals surface area contributed by atoms with Crippen LogP contribution in [0.2, 0.25) is 0 Å². The second-order valence-electron chi connectivity index (χ2n) is 6.33. The molecule has 0 bridgehead atoms. The number of carbonyl (C=O) groups is 1. The normalized spacial score (nSPS) is 14.5. The van der Waals surface area contributed by atoms with E-state index in [9.17, 15) is 4.79 Å². The molecule has 0 aromatic carbocycles. The molecule has 1 fully saturated rings. The number of hydrogen-bond acceptors (Lipinski definition) is 4. The van der Waals surface area contributed by atoms with Gasteiger partial charge in [-0.15, -0.1) is 0 Å². The standard InChI is InChI=1S/C19H23N5O/c1-4-24-14(2)11-17(15(24)3)19(25)23-9-7-22(8-10-23)18-6-5-16(12-20)13-21-18/h5-6,11,13H,4,7-10H2,1-3H3. The fraction of sp³-hybridized carbons (Fsp3) is 0.421. The molecule has 1 aliphatic heterocycles. The Kier molecular flexibility index (Phi) is 4.75. The summed E-state index contributed by atoms with van der Waals surface area (Å²) in [6.07, 6.45) is 1.59. The molecule has 1 saturated heterocycles. The molecule has 25 heavy (non-hydrogen) atoms. The van der Waals surface area contributed by atoms with Gasteiger partial charge in [-0.05, 0) is 39.0 Å². The highest BCUT2D eigenvalue weighted by molar-refractivity contribution is 5.96. The van der Waals surface area contributed by atoms with Gasteiger partial charge in [-0.2, -0.15) is 5.26 Å². The molecule has 0 spiro atoms. The second kappa shape index (κ2) is 6.98. The summed E-state index contributed by atoms with van der Waals surface area (Å²) in [7, 11) is 0. The zero-order chi connectivity index (χ0) is 18.0. The van der Waals surface area contributed by atoms with Gasteiger partial charge in [0.1, 0.15) is 11.9 Å². The van der Waals surface area contributed by atoms with Crippen molar-refractivity contribution < 1.29 is 4.79 Å². The van der Waals surface area contributed by atoms with Gasteiger partial charge in [0.15, 0.2) is 0 Å². The Hall–Kier alpha value is -2.81. The molecule has 2 aromatic heterocycles. The average molecular weight is 337 g/mol. The van der Waals surface area contributed by atoms with Crippen LogP contribution >= 0.6 is 0 Å². The summed E-state index contributed by atoms with van der Waals surface area (Å²) in [6.45, 7) is 9.88. The molecule has 2 aromatic rings. The van der Waals surface area contributed by atoms with E-state index in [4.69, 9.17) is 5.26 Å². The van der Waals surface area contributed by atoms with E-state index in [1.54, 1.807) is 12.3 Å². The van der Waals surface area contributed by atoms with Gasteiger partial charge in [-0.1, -0.05) is 0 Å². The lowest BCUT2D eigenvalue weighted by molar-refractivity contribution is 0.0745. The largest absolute Gasteiger partial charge is 0.353 e. The van der Waals surface area contributed by atoms with Crippen LogP contribution in [0.1, 0.15) is 34.2 Å². The molecule has 1 amide bonds. The molecule has 0 N–H and O–H groups in total. The number of aryl methyl sites for hydroxylation is 1. The summed E-state index contributed by atoms with van der Waals surface area (Å²) in [5.41, 5.74) is 3.54. The highest BCUT2D eigenvalue weighted by Crippen LogP contribution is 2.19. The lowest BCUT2D eigenvalue weighted by atomic mass is 10.2. The Morgan fingerprint density at radius 1 is 1.24 bits per heavy atom. The molecule has 3 heterocycles. The van der Waals surface area contributed by atoms with Gasteiger partial charge in [0.05, 0.1) is 11.1 Å². The van der Waals surface area contributed by atoms with Gasteiger partial charge in [-0.3, -0.25) is 4.79 Å². The summed E-state index contributed by atoms with van der Waals surface area (Å²) >= 11 is 0. The third kappa shape index (κ3) is 3.22. The van der Waals surface area contributed by atoms with E-state index < -0.39 is 0 Å². The third-order valence-corrected chi connectivity index (χ3v) is 4.89. The van der Waals surface area contributed by atoms with Crippen LogP contribution in [0.15, 0.2) is 24.4 Å². The lowest BCUT2D eigenvalue weighted by Gasteiger charge is -2.35. The first kappa shape index (κ1) is 17.0. The monoisotopic (exact) mass is 337 g/mol. The van der Waals surface area contributed by atoms with Crippen molar-refractivity contribution in [3.05, 3.63) is 46.9 Å². The van der Waals surface area contributed by atoms with Gasteiger partial charge in [0, 0.05) is 50.3 Å². The minimum Gasteiger partial charge on any atom is -0.353 e. The highest BCUT2D eigenvalue weighted by Gasteiger charge is 2.25. The van der Waals surface area contributed by atoms with Crippen molar-refractivity contribution in [2.75, 3.05) is 31.1 Å². The van der Waals surface area contributed by atoms with Gasteiger partial charge in [-0.25, -0.2) is 4.98 Å². The molecule has 0 unspecified atom stereocenters. The number of nitriles is 1. The number of nitrogens with zero attached hydrogens (tertiary/aromatic N) is 5. The molecular formula is C19H23N5O. The van der Waals surface area contributed by atoms with E-state index in [2.05, 4.69) is 27.4 Å². The molecule has 0 aliphatic carbocycles. The number of carbonyl (C=O) groups excluding carboxylic acids is 1. The Labute approximate surface area is 148 Å². The van der Waals surface area contributed by atoms with Gasteiger partial charge in [0.25, 0.3) is 5.91 Å². The Morgan fingerprint density at radius 2 is 1.96 bits per heavy atom. The topological polar surface area (TPSA) is 65.2 Å². The van der Waals surface area contributed by atoms with E-state index >= 15 is 0 Å². The maximum atomic E-state index is 12.9. The van der Waals surface area contributed by atoms with Crippen molar-refractivity contribution >= 4 is 11.7 Å². The lowest BCUT2D eigenvalue weighted by Crippen LogP contribution is -2.49. The number of hydrogen-bond donors (Lipinski definition) is 0. The molecule has 0 radical (unpaired) electrons. The number of aromatic nitrogens is 2. The third-order valence-electron chi connectivity index (χ3n) is 4.89. The highest BCUT2D eigenvalue weighted by atomic mass is 16.2.